The molecule has 1 amide bonds. The number of benzene rings is 2. The highest BCUT2D eigenvalue weighted by molar-refractivity contribution is 5.87. The third kappa shape index (κ3) is 6.18. The molecule has 0 saturated heterocycles. The number of carbonyl (C=O) groups is 1. The monoisotopic (exact) mass is 307 g/mol. The molecule has 0 spiro atoms. The first-order valence-corrected chi connectivity index (χ1v) is 7.49. The van der Waals surface area contributed by atoms with E-state index in [4.69, 9.17) is 0 Å². The maximum absolute atomic E-state index is 11.7. The summed E-state index contributed by atoms with van der Waals surface area (Å²) in [6, 6.07) is 17.8. The minimum absolute atomic E-state index is 0.182. The second-order valence-corrected chi connectivity index (χ2v) is 5.31. The van der Waals surface area contributed by atoms with E-state index in [-0.39, 0.29) is 12.5 Å². The molecule has 0 radical (unpaired) electrons. The van der Waals surface area contributed by atoms with Crippen LogP contribution < -0.4 is 10.7 Å². The van der Waals surface area contributed by atoms with Crippen LogP contribution in [0.15, 0.2) is 65.3 Å². The number of hydrogen-bond acceptors (Lipinski definition) is 3. The van der Waals surface area contributed by atoms with E-state index in [0.29, 0.717) is 0 Å². The van der Waals surface area contributed by atoms with Crippen molar-refractivity contribution in [3.8, 4) is 0 Å². The fourth-order valence-electron chi connectivity index (χ4n) is 1.95. The van der Waals surface area contributed by atoms with Crippen molar-refractivity contribution in [3.63, 3.8) is 0 Å². The first-order valence-electron chi connectivity index (χ1n) is 7.49. The molecule has 23 heavy (non-hydrogen) atoms. The third-order valence-corrected chi connectivity index (χ3v) is 3.16. The van der Waals surface area contributed by atoms with E-state index in [0.717, 1.165) is 16.8 Å². The standard InChI is InChI=1S/C19H21N3O/c1-15-8-10-18(11-9-15)20-14-19(23)22-21-13-16(2)12-17-6-4-3-5-7-17/h3-13,20H,14H2,1-2H3,(H,22,23)/b16-12+,21-13+. The molecule has 0 fully saturated rings. The van der Waals surface area contributed by atoms with Crippen LogP contribution in [-0.2, 0) is 4.79 Å². The van der Waals surface area contributed by atoms with E-state index in [9.17, 15) is 4.79 Å². The topological polar surface area (TPSA) is 53.5 Å². The molecule has 0 aliphatic rings. The SMILES string of the molecule is CC(/C=N/NC(=O)CNc1ccc(C)cc1)=C\c1ccccc1. The van der Waals surface area contributed by atoms with Crippen molar-refractivity contribution in [1.82, 2.24) is 5.43 Å². The maximum Gasteiger partial charge on any atom is 0.259 e. The molecule has 118 valence electrons. The van der Waals surface area contributed by atoms with Crippen LogP contribution in [0.3, 0.4) is 0 Å². The van der Waals surface area contributed by atoms with Gasteiger partial charge in [0.05, 0.1) is 12.8 Å². The highest BCUT2D eigenvalue weighted by Crippen LogP contribution is 2.07. The third-order valence-electron chi connectivity index (χ3n) is 3.16. The molecular weight excluding hydrogens is 286 g/mol. The van der Waals surface area contributed by atoms with E-state index >= 15 is 0 Å². The lowest BCUT2D eigenvalue weighted by Gasteiger charge is -2.05. The van der Waals surface area contributed by atoms with Gasteiger partial charge in [-0.05, 0) is 37.1 Å². The van der Waals surface area contributed by atoms with E-state index in [1.54, 1.807) is 6.21 Å². The van der Waals surface area contributed by atoms with Crippen LogP contribution in [0.5, 0.6) is 0 Å². The summed E-state index contributed by atoms with van der Waals surface area (Å²) in [5, 5.41) is 7.01. The Hall–Kier alpha value is -2.88. The second kappa shape index (κ2) is 8.54. The summed E-state index contributed by atoms with van der Waals surface area (Å²) in [7, 11) is 0. The van der Waals surface area contributed by atoms with Gasteiger partial charge in [0.1, 0.15) is 0 Å². The van der Waals surface area contributed by atoms with Crippen LogP contribution in [0.4, 0.5) is 5.69 Å². The molecule has 0 aliphatic heterocycles. The van der Waals surface area contributed by atoms with Crippen molar-refractivity contribution in [2.45, 2.75) is 13.8 Å². The molecule has 0 saturated carbocycles. The van der Waals surface area contributed by atoms with Crippen molar-refractivity contribution < 1.29 is 4.79 Å². The Kier molecular flexibility index (Phi) is 6.12. The quantitative estimate of drug-likeness (QED) is 0.632. The first kappa shape index (κ1) is 16.5. The Morgan fingerprint density at radius 2 is 1.78 bits per heavy atom. The maximum atomic E-state index is 11.7. The summed E-state index contributed by atoms with van der Waals surface area (Å²) in [6.45, 7) is 4.14. The van der Waals surface area contributed by atoms with Gasteiger partial charge in [-0.2, -0.15) is 5.10 Å². The number of aryl methyl sites for hydroxylation is 1. The van der Waals surface area contributed by atoms with Crippen LogP contribution in [-0.4, -0.2) is 18.7 Å². The lowest BCUT2D eigenvalue weighted by atomic mass is 10.1. The van der Waals surface area contributed by atoms with Gasteiger partial charge in [0, 0.05) is 5.69 Å². The number of carbonyl (C=O) groups excluding carboxylic acids is 1. The molecule has 0 bridgehead atoms. The van der Waals surface area contributed by atoms with Gasteiger partial charge in [-0.25, -0.2) is 5.43 Å². The van der Waals surface area contributed by atoms with Gasteiger partial charge in [-0.15, -0.1) is 0 Å². The van der Waals surface area contributed by atoms with Crippen LogP contribution in [0.25, 0.3) is 6.08 Å². The van der Waals surface area contributed by atoms with E-state index < -0.39 is 0 Å². The van der Waals surface area contributed by atoms with Crippen molar-refractivity contribution in [1.29, 1.82) is 0 Å². The predicted octanol–water partition coefficient (Wildman–Crippen LogP) is 3.61. The number of nitrogens with one attached hydrogen (secondary N) is 2. The zero-order valence-electron chi connectivity index (χ0n) is 13.4. The van der Waals surface area contributed by atoms with Crippen molar-refractivity contribution >= 4 is 23.9 Å². The molecule has 0 aliphatic carbocycles. The number of amides is 1. The number of hydrogen-bond donors (Lipinski definition) is 2. The van der Waals surface area contributed by atoms with E-state index in [1.165, 1.54) is 5.56 Å². The average Bonchev–Trinajstić information content (AvgIpc) is 2.55. The number of anilines is 1. The Bertz CT molecular complexity index is 688. The van der Waals surface area contributed by atoms with Crippen molar-refractivity contribution in [3.05, 3.63) is 71.3 Å². The van der Waals surface area contributed by atoms with Crippen LogP contribution in [0, 0.1) is 6.92 Å². The summed E-state index contributed by atoms with van der Waals surface area (Å²) in [5.74, 6) is -0.186. The highest BCUT2D eigenvalue weighted by Gasteiger charge is 1.99. The lowest BCUT2D eigenvalue weighted by Crippen LogP contribution is -2.25. The van der Waals surface area contributed by atoms with Crippen LogP contribution in [0.1, 0.15) is 18.1 Å². The van der Waals surface area contributed by atoms with E-state index in [2.05, 4.69) is 15.8 Å². The molecule has 2 N–H and O–H groups in total. The Balaban J connectivity index is 1.77. The summed E-state index contributed by atoms with van der Waals surface area (Å²) >= 11 is 0. The summed E-state index contributed by atoms with van der Waals surface area (Å²) in [5.41, 5.74) is 6.67. The van der Waals surface area contributed by atoms with Gasteiger partial charge < -0.3 is 5.32 Å². The average molecular weight is 307 g/mol. The van der Waals surface area contributed by atoms with Gasteiger partial charge in [-0.1, -0.05) is 54.1 Å². The van der Waals surface area contributed by atoms with Crippen LogP contribution >= 0.6 is 0 Å². The minimum Gasteiger partial charge on any atom is -0.376 e. The fraction of sp³-hybridized carbons (Fsp3) is 0.158. The number of nitrogens with zero attached hydrogens (tertiary/aromatic N) is 1. The first-order chi connectivity index (χ1) is 11.1. The van der Waals surface area contributed by atoms with Crippen LogP contribution in [0.2, 0.25) is 0 Å². The molecule has 0 atom stereocenters. The zero-order chi connectivity index (χ0) is 16.5. The Labute approximate surface area is 136 Å². The molecule has 4 heteroatoms. The number of hydrazone groups is 1. The summed E-state index contributed by atoms with van der Waals surface area (Å²) in [4.78, 5) is 11.7. The largest absolute Gasteiger partial charge is 0.376 e. The van der Waals surface area contributed by atoms with Crippen molar-refractivity contribution in [2.24, 2.45) is 5.10 Å². The summed E-state index contributed by atoms with van der Waals surface area (Å²) < 4.78 is 0. The molecule has 2 rings (SSSR count). The highest BCUT2D eigenvalue weighted by atomic mass is 16.2. The van der Waals surface area contributed by atoms with Gasteiger partial charge in [0.25, 0.3) is 5.91 Å². The van der Waals surface area contributed by atoms with E-state index in [1.807, 2.05) is 74.5 Å². The Morgan fingerprint density at radius 1 is 1.09 bits per heavy atom. The molecule has 2 aromatic rings. The van der Waals surface area contributed by atoms with Crippen molar-refractivity contribution in [2.75, 3.05) is 11.9 Å². The normalized spacial score (nSPS) is 11.5. The predicted molar refractivity (Wildman–Crippen MR) is 96.4 cm³/mol. The minimum atomic E-state index is -0.186. The zero-order valence-corrected chi connectivity index (χ0v) is 13.4. The molecule has 0 unspecified atom stereocenters. The van der Waals surface area contributed by atoms with Gasteiger partial charge in [0.2, 0.25) is 0 Å². The smallest absolute Gasteiger partial charge is 0.259 e. The lowest BCUT2D eigenvalue weighted by molar-refractivity contribution is -0.119. The number of rotatable bonds is 6. The molecular formula is C19H21N3O. The number of allylic oxidation sites excluding steroid dienone is 1. The molecule has 4 nitrogen and oxygen atoms in total. The molecule has 2 aromatic carbocycles. The Morgan fingerprint density at radius 3 is 2.48 bits per heavy atom. The fourth-order valence-corrected chi connectivity index (χ4v) is 1.95. The summed E-state index contributed by atoms with van der Waals surface area (Å²) in [6.07, 6.45) is 3.64. The van der Waals surface area contributed by atoms with Gasteiger partial charge in [-0.3, -0.25) is 4.79 Å². The second-order valence-electron chi connectivity index (χ2n) is 5.31. The van der Waals surface area contributed by atoms with Gasteiger partial charge in [0.15, 0.2) is 0 Å². The molecule has 0 aromatic heterocycles. The molecule has 0 heterocycles. The van der Waals surface area contributed by atoms with Gasteiger partial charge >= 0.3 is 0 Å².